The maximum absolute atomic E-state index is 12.7. The molecule has 0 aromatic heterocycles. The van der Waals surface area contributed by atoms with Crippen molar-refractivity contribution in [3.8, 4) is 5.75 Å². The molecule has 1 fully saturated rings. The third-order valence-electron chi connectivity index (χ3n) is 4.22. The summed E-state index contributed by atoms with van der Waals surface area (Å²) in [5, 5.41) is 22.1. The topological polar surface area (TPSA) is 113 Å². The van der Waals surface area contributed by atoms with Gasteiger partial charge < -0.3 is 5.11 Å². The zero-order chi connectivity index (χ0) is 19.9. The summed E-state index contributed by atoms with van der Waals surface area (Å²) < 4.78 is 0. The molecule has 9 heteroatoms. The lowest BCUT2D eigenvalue weighted by Gasteiger charge is -2.16. The SMILES string of the molecule is Cc1ccc(N2NC(=O)/C(=C\c3cc(Cl)cc([N+](=O)[O-])c3O)C2=O)cc1C. The molecule has 27 heavy (non-hydrogen) atoms. The summed E-state index contributed by atoms with van der Waals surface area (Å²) in [6.07, 6.45) is 1.08. The van der Waals surface area contributed by atoms with Gasteiger partial charge in [0.15, 0.2) is 0 Å². The lowest BCUT2D eigenvalue weighted by molar-refractivity contribution is -0.385. The summed E-state index contributed by atoms with van der Waals surface area (Å²) in [5.41, 5.74) is 3.88. The van der Waals surface area contributed by atoms with Gasteiger partial charge in [-0.1, -0.05) is 17.7 Å². The number of nitrogens with zero attached hydrogens (tertiary/aromatic N) is 2. The lowest BCUT2D eigenvalue weighted by Crippen LogP contribution is -2.35. The number of amides is 2. The van der Waals surface area contributed by atoms with Gasteiger partial charge in [0.1, 0.15) is 5.57 Å². The predicted molar refractivity (Wildman–Crippen MR) is 99.3 cm³/mol. The van der Waals surface area contributed by atoms with Gasteiger partial charge in [-0.2, -0.15) is 0 Å². The first-order valence-corrected chi connectivity index (χ1v) is 8.18. The minimum absolute atomic E-state index is 0.0109. The molecule has 3 rings (SSSR count). The van der Waals surface area contributed by atoms with Crippen LogP contribution in [0.4, 0.5) is 11.4 Å². The highest BCUT2D eigenvalue weighted by atomic mass is 35.5. The van der Waals surface area contributed by atoms with Crippen molar-refractivity contribution in [1.29, 1.82) is 0 Å². The maximum atomic E-state index is 12.7. The number of anilines is 1. The molecule has 2 N–H and O–H groups in total. The molecule has 0 saturated carbocycles. The largest absolute Gasteiger partial charge is 0.502 e. The standard InChI is InChI=1S/C18H14ClN3O5/c1-9-3-4-13(5-10(9)2)21-18(25)14(17(24)20-21)7-11-6-12(19)8-15(16(11)23)22(26)27/h3-8,23H,1-2H3,(H,20,24)/b14-7+. The number of halogens is 1. The lowest BCUT2D eigenvalue weighted by atomic mass is 10.1. The first-order valence-electron chi connectivity index (χ1n) is 7.80. The van der Waals surface area contributed by atoms with Gasteiger partial charge in [-0.3, -0.25) is 25.1 Å². The van der Waals surface area contributed by atoms with Gasteiger partial charge in [-0.15, -0.1) is 0 Å². The van der Waals surface area contributed by atoms with E-state index in [0.717, 1.165) is 28.3 Å². The van der Waals surface area contributed by atoms with Gasteiger partial charge in [0, 0.05) is 16.7 Å². The van der Waals surface area contributed by atoms with E-state index in [1.807, 2.05) is 19.9 Å². The quantitative estimate of drug-likeness (QED) is 0.364. The Balaban J connectivity index is 2.03. The maximum Gasteiger partial charge on any atom is 0.312 e. The molecule has 1 aliphatic rings. The van der Waals surface area contributed by atoms with Crippen LogP contribution < -0.4 is 10.4 Å². The number of rotatable bonds is 3. The molecule has 0 atom stereocenters. The summed E-state index contributed by atoms with van der Waals surface area (Å²) >= 11 is 5.84. The van der Waals surface area contributed by atoms with E-state index in [1.165, 1.54) is 6.07 Å². The zero-order valence-electron chi connectivity index (χ0n) is 14.3. The van der Waals surface area contributed by atoms with E-state index in [-0.39, 0.29) is 16.2 Å². The number of nitrogens with one attached hydrogen (secondary N) is 1. The van der Waals surface area contributed by atoms with Crippen molar-refractivity contribution in [3.05, 3.63) is 67.7 Å². The summed E-state index contributed by atoms with van der Waals surface area (Å²) in [7, 11) is 0. The number of benzene rings is 2. The van der Waals surface area contributed by atoms with Gasteiger partial charge in [0.25, 0.3) is 11.8 Å². The molecule has 0 unspecified atom stereocenters. The fourth-order valence-electron chi connectivity index (χ4n) is 2.61. The molecule has 2 amide bonds. The second-order valence-electron chi connectivity index (χ2n) is 6.03. The molecule has 0 bridgehead atoms. The van der Waals surface area contributed by atoms with E-state index in [4.69, 9.17) is 11.6 Å². The Kier molecular flexibility index (Phi) is 4.59. The van der Waals surface area contributed by atoms with Crippen LogP contribution in [-0.2, 0) is 9.59 Å². The van der Waals surface area contributed by atoms with Crippen molar-refractivity contribution in [3.63, 3.8) is 0 Å². The number of phenolic OH excluding ortho intramolecular Hbond substituents is 1. The number of aromatic hydroxyl groups is 1. The molecular weight excluding hydrogens is 374 g/mol. The number of nitro groups is 1. The van der Waals surface area contributed by atoms with E-state index in [2.05, 4.69) is 5.43 Å². The van der Waals surface area contributed by atoms with Gasteiger partial charge >= 0.3 is 5.69 Å². The fraction of sp³-hybridized carbons (Fsp3) is 0.111. The normalized spacial score (nSPS) is 15.4. The highest BCUT2D eigenvalue weighted by molar-refractivity contribution is 6.32. The first kappa shape index (κ1) is 18.4. The average Bonchev–Trinajstić information content (AvgIpc) is 2.88. The van der Waals surface area contributed by atoms with Crippen molar-refractivity contribution in [1.82, 2.24) is 5.43 Å². The Bertz CT molecular complexity index is 1030. The second-order valence-corrected chi connectivity index (χ2v) is 6.46. The van der Waals surface area contributed by atoms with Crippen LogP contribution in [0.2, 0.25) is 5.02 Å². The molecule has 0 radical (unpaired) electrons. The zero-order valence-corrected chi connectivity index (χ0v) is 15.1. The first-order chi connectivity index (χ1) is 12.7. The molecular formula is C18H14ClN3O5. The molecule has 1 saturated heterocycles. The third-order valence-corrected chi connectivity index (χ3v) is 4.44. The Hall–Kier alpha value is -3.39. The summed E-state index contributed by atoms with van der Waals surface area (Å²) in [6.45, 7) is 3.80. The monoisotopic (exact) mass is 387 g/mol. The van der Waals surface area contributed by atoms with Crippen molar-refractivity contribution in [2.24, 2.45) is 0 Å². The molecule has 1 heterocycles. The molecule has 2 aromatic carbocycles. The van der Waals surface area contributed by atoms with Crippen LogP contribution in [0.15, 0.2) is 35.9 Å². The van der Waals surface area contributed by atoms with Gasteiger partial charge in [-0.25, -0.2) is 5.01 Å². The number of carbonyl (C=O) groups excluding carboxylic acids is 2. The number of nitro benzene ring substituents is 1. The van der Waals surface area contributed by atoms with Crippen LogP contribution in [0, 0.1) is 24.0 Å². The van der Waals surface area contributed by atoms with Crippen LogP contribution in [0.1, 0.15) is 16.7 Å². The molecule has 2 aromatic rings. The number of hydrogen-bond acceptors (Lipinski definition) is 5. The van der Waals surface area contributed by atoms with E-state index < -0.39 is 28.2 Å². The molecule has 138 valence electrons. The predicted octanol–water partition coefficient (Wildman–Crippen LogP) is 3.03. The number of hydrazine groups is 1. The minimum atomic E-state index is -0.804. The third kappa shape index (κ3) is 3.34. The van der Waals surface area contributed by atoms with Crippen LogP contribution in [-0.4, -0.2) is 21.8 Å². The van der Waals surface area contributed by atoms with E-state index in [9.17, 15) is 24.8 Å². The van der Waals surface area contributed by atoms with Gasteiger partial charge in [0.05, 0.1) is 10.6 Å². The Morgan fingerprint density at radius 2 is 1.89 bits per heavy atom. The summed E-state index contributed by atoms with van der Waals surface area (Å²) in [6, 6.07) is 7.47. The van der Waals surface area contributed by atoms with Crippen LogP contribution in [0.25, 0.3) is 6.08 Å². The van der Waals surface area contributed by atoms with Crippen molar-refractivity contribution in [2.75, 3.05) is 5.01 Å². The van der Waals surface area contributed by atoms with E-state index in [0.29, 0.717) is 5.69 Å². The summed E-state index contributed by atoms with van der Waals surface area (Å²) in [5.74, 6) is -2.02. The number of aryl methyl sites for hydroxylation is 2. The van der Waals surface area contributed by atoms with Crippen LogP contribution in [0.3, 0.4) is 0 Å². The molecule has 1 aliphatic heterocycles. The average molecular weight is 388 g/mol. The highest BCUT2D eigenvalue weighted by Gasteiger charge is 2.35. The fourth-order valence-corrected chi connectivity index (χ4v) is 2.83. The smallest absolute Gasteiger partial charge is 0.312 e. The Morgan fingerprint density at radius 3 is 2.52 bits per heavy atom. The van der Waals surface area contributed by atoms with E-state index in [1.54, 1.807) is 12.1 Å². The Labute approximate surface area is 158 Å². The van der Waals surface area contributed by atoms with Crippen molar-refractivity contribution >= 4 is 40.9 Å². The van der Waals surface area contributed by atoms with Crippen molar-refractivity contribution < 1.29 is 19.6 Å². The van der Waals surface area contributed by atoms with Gasteiger partial charge in [-0.05, 0) is 49.2 Å². The molecule has 8 nitrogen and oxygen atoms in total. The highest BCUT2D eigenvalue weighted by Crippen LogP contribution is 2.35. The summed E-state index contributed by atoms with van der Waals surface area (Å²) in [4.78, 5) is 35.1. The molecule has 0 spiro atoms. The van der Waals surface area contributed by atoms with E-state index >= 15 is 0 Å². The number of phenols is 1. The number of carbonyl (C=O) groups is 2. The second kappa shape index (κ2) is 6.73. The van der Waals surface area contributed by atoms with Crippen molar-refractivity contribution in [2.45, 2.75) is 13.8 Å². The van der Waals surface area contributed by atoms with Gasteiger partial charge in [0.2, 0.25) is 5.75 Å². The molecule has 0 aliphatic carbocycles. The Morgan fingerprint density at radius 1 is 1.19 bits per heavy atom. The van der Waals surface area contributed by atoms with Crippen LogP contribution >= 0.6 is 11.6 Å². The van der Waals surface area contributed by atoms with Crippen LogP contribution in [0.5, 0.6) is 5.75 Å². The minimum Gasteiger partial charge on any atom is -0.502 e. The number of hydrogen-bond donors (Lipinski definition) is 2.